The van der Waals surface area contributed by atoms with Gasteiger partial charge < -0.3 is 10.2 Å². The van der Waals surface area contributed by atoms with Crippen LogP contribution in [-0.2, 0) is 0 Å². The molecule has 1 aliphatic heterocycles. The zero-order valence-electron chi connectivity index (χ0n) is 13.0. The summed E-state index contributed by atoms with van der Waals surface area (Å²) < 4.78 is 1.18. The molecule has 0 radical (unpaired) electrons. The van der Waals surface area contributed by atoms with Crippen molar-refractivity contribution in [2.45, 2.75) is 58.0 Å². The second-order valence-electron chi connectivity index (χ2n) is 5.85. The minimum absolute atomic E-state index is 0.391. The van der Waals surface area contributed by atoms with Crippen molar-refractivity contribution in [3.05, 3.63) is 28.2 Å². The molecule has 2 rings (SSSR count). The van der Waals surface area contributed by atoms with E-state index in [-0.39, 0.29) is 0 Å². The normalized spacial score (nSPS) is 21.0. The largest absolute Gasteiger partial charge is 0.368 e. The molecule has 0 aromatic heterocycles. The highest BCUT2D eigenvalue weighted by Gasteiger charge is 2.24. The van der Waals surface area contributed by atoms with E-state index in [0.717, 1.165) is 0 Å². The average Bonchev–Trinajstić information content (AvgIpc) is 2.47. The Hall–Kier alpha value is -0.540. The third-order valence-corrected chi connectivity index (χ3v) is 4.94. The summed E-state index contributed by atoms with van der Waals surface area (Å²) in [6.07, 6.45) is 6.62. The lowest BCUT2D eigenvalue weighted by Gasteiger charge is -2.39. The molecule has 1 aromatic rings. The van der Waals surface area contributed by atoms with Crippen LogP contribution in [0, 0.1) is 0 Å². The Bertz CT molecular complexity index is 431. The van der Waals surface area contributed by atoms with Gasteiger partial charge in [0.05, 0.1) is 0 Å². The number of nitrogens with zero attached hydrogens (tertiary/aromatic N) is 1. The van der Waals surface area contributed by atoms with Gasteiger partial charge in [0.1, 0.15) is 0 Å². The lowest BCUT2D eigenvalue weighted by molar-refractivity contribution is 0.432. The molecule has 1 aliphatic rings. The van der Waals surface area contributed by atoms with Gasteiger partial charge in [-0.05, 0) is 57.4 Å². The van der Waals surface area contributed by atoms with Crippen LogP contribution >= 0.6 is 15.9 Å². The standard InChI is InChI=1S/C17H27BrN2/c1-4-7-15-8-5-6-11-20(15)17-12-14(18)9-10-16(17)13(2)19-3/h9-10,12-13,15,19H,4-8,11H2,1-3H3. The second-order valence-corrected chi connectivity index (χ2v) is 6.76. The van der Waals surface area contributed by atoms with Crippen molar-refractivity contribution >= 4 is 21.6 Å². The van der Waals surface area contributed by atoms with Gasteiger partial charge in [0.15, 0.2) is 0 Å². The smallest absolute Gasteiger partial charge is 0.0428 e. The van der Waals surface area contributed by atoms with Crippen LogP contribution in [-0.4, -0.2) is 19.6 Å². The number of benzene rings is 1. The summed E-state index contributed by atoms with van der Waals surface area (Å²) in [6.45, 7) is 5.74. The van der Waals surface area contributed by atoms with Gasteiger partial charge in [-0.1, -0.05) is 35.3 Å². The van der Waals surface area contributed by atoms with Gasteiger partial charge >= 0.3 is 0 Å². The summed E-state index contributed by atoms with van der Waals surface area (Å²) in [6, 6.07) is 7.83. The Balaban J connectivity index is 2.35. The summed E-state index contributed by atoms with van der Waals surface area (Å²) in [7, 11) is 2.04. The number of rotatable bonds is 5. The van der Waals surface area contributed by atoms with Gasteiger partial charge in [0, 0.05) is 28.8 Å². The van der Waals surface area contributed by atoms with Crippen molar-refractivity contribution in [2.24, 2.45) is 0 Å². The molecule has 2 atom stereocenters. The first kappa shape index (κ1) is 15.8. The maximum atomic E-state index is 3.65. The molecule has 1 N–H and O–H groups in total. The number of nitrogens with one attached hydrogen (secondary N) is 1. The van der Waals surface area contributed by atoms with Crippen molar-refractivity contribution in [3.63, 3.8) is 0 Å². The van der Waals surface area contributed by atoms with Crippen LogP contribution in [0.1, 0.15) is 57.6 Å². The summed E-state index contributed by atoms with van der Waals surface area (Å²) in [5, 5.41) is 3.39. The van der Waals surface area contributed by atoms with E-state index < -0.39 is 0 Å². The van der Waals surface area contributed by atoms with E-state index in [1.165, 1.54) is 54.4 Å². The number of piperidine rings is 1. The summed E-state index contributed by atoms with van der Waals surface area (Å²) in [5.74, 6) is 0. The minimum Gasteiger partial charge on any atom is -0.368 e. The Morgan fingerprint density at radius 1 is 1.40 bits per heavy atom. The molecule has 1 heterocycles. The van der Waals surface area contributed by atoms with Crippen LogP contribution in [0.4, 0.5) is 5.69 Å². The first-order valence-electron chi connectivity index (χ1n) is 7.90. The molecule has 20 heavy (non-hydrogen) atoms. The number of halogens is 1. The van der Waals surface area contributed by atoms with E-state index in [1.54, 1.807) is 0 Å². The molecule has 2 unspecified atom stereocenters. The fraction of sp³-hybridized carbons (Fsp3) is 0.647. The lowest BCUT2D eigenvalue weighted by Crippen LogP contribution is -2.40. The van der Waals surface area contributed by atoms with Gasteiger partial charge in [-0.25, -0.2) is 0 Å². The number of hydrogen-bond acceptors (Lipinski definition) is 2. The first-order chi connectivity index (χ1) is 9.67. The van der Waals surface area contributed by atoms with E-state index in [2.05, 4.69) is 58.2 Å². The maximum absolute atomic E-state index is 3.65. The van der Waals surface area contributed by atoms with Crippen LogP contribution in [0.2, 0.25) is 0 Å². The van der Waals surface area contributed by atoms with Gasteiger partial charge in [0.25, 0.3) is 0 Å². The molecule has 1 fully saturated rings. The molecule has 0 amide bonds. The molecule has 2 nitrogen and oxygen atoms in total. The third-order valence-electron chi connectivity index (χ3n) is 4.45. The summed E-state index contributed by atoms with van der Waals surface area (Å²) >= 11 is 3.65. The molecule has 3 heteroatoms. The fourth-order valence-corrected chi connectivity index (χ4v) is 3.59. The van der Waals surface area contributed by atoms with E-state index in [1.807, 2.05) is 7.05 Å². The molecule has 1 saturated heterocycles. The molecule has 0 spiro atoms. The second kappa shape index (κ2) is 7.46. The van der Waals surface area contributed by atoms with Crippen molar-refractivity contribution in [3.8, 4) is 0 Å². The Morgan fingerprint density at radius 3 is 2.90 bits per heavy atom. The van der Waals surface area contributed by atoms with E-state index in [0.29, 0.717) is 12.1 Å². The summed E-state index contributed by atoms with van der Waals surface area (Å²) in [4.78, 5) is 2.65. The highest BCUT2D eigenvalue weighted by molar-refractivity contribution is 9.10. The van der Waals surface area contributed by atoms with Crippen LogP contribution in [0.25, 0.3) is 0 Å². The first-order valence-corrected chi connectivity index (χ1v) is 8.70. The van der Waals surface area contributed by atoms with Gasteiger partial charge in [-0.3, -0.25) is 0 Å². The van der Waals surface area contributed by atoms with Crippen molar-refractivity contribution in [1.29, 1.82) is 0 Å². The van der Waals surface area contributed by atoms with Crippen molar-refractivity contribution < 1.29 is 0 Å². The topological polar surface area (TPSA) is 15.3 Å². The molecule has 1 aromatic carbocycles. The molecule has 0 saturated carbocycles. The van der Waals surface area contributed by atoms with E-state index in [9.17, 15) is 0 Å². The van der Waals surface area contributed by atoms with Crippen LogP contribution in [0.3, 0.4) is 0 Å². The van der Waals surface area contributed by atoms with Crippen LogP contribution in [0.15, 0.2) is 22.7 Å². The highest BCUT2D eigenvalue weighted by atomic mass is 79.9. The molecular formula is C17H27BrN2. The monoisotopic (exact) mass is 338 g/mol. The fourth-order valence-electron chi connectivity index (χ4n) is 3.24. The Morgan fingerprint density at radius 2 is 2.20 bits per heavy atom. The molecule has 0 bridgehead atoms. The Kier molecular flexibility index (Phi) is 5.91. The molecule has 0 aliphatic carbocycles. The maximum Gasteiger partial charge on any atom is 0.0428 e. The third kappa shape index (κ3) is 3.56. The SMILES string of the molecule is CCCC1CCCCN1c1cc(Br)ccc1C(C)NC. The van der Waals surface area contributed by atoms with Crippen LogP contribution < -0.4 is 10.2 Å². The van der Waals surface area contributed by atoms with Crippen LogP contribution in [0.5, 0.6) is 0 Å². The summed E-state index contributed by atoms with van der Waals surface area (Å²) in [5.41, 5.74) is 2.83. The average molecular weight is 339 g/mol. The lowest BCUT2D eigenvalue weighted by atomic mass is 9.95. The highest BCUT2D eigenvalue weighted by Crippen LogP contribution is 2.34. The van der Waals surface area contributed by atoms with Gasteiger partial charge in [-0.2, -0.15) is 0 Å². The quantitative estimate of drug-likeness (QED) is 0.822. The Labute approximate surface area is 132 Å². The van der Waals surface area contributed by atoms with E-state index in [4.69, 9.17) is 0 Å². The minimum atomic E-state index is 0.391. The molecular weight excluding hydrogens is 312 g/mol. The van der Waals surface area contributed by atoms with Crippen molar-refractivity contribution in [2.75, 3.05) is 18.5 Å². The predicted molar refractivity (Wildman–Crippen MR) is 91.5 cm³/mol. The zero-order valence-corrected chi connectivity index (χ0v) is 14.5. The number of anilines is 1. The van der Waals surface area contributed by atoms with Crippen molar-refractivity contribution in [1.82, 2.24) is 5.32 Å². The zero-order chi connectivity index (χ0) is 14.5. The molecule has 112 valence electrons. The van der Waals surface area contributed by atoms with E-state index >= 15 is 0 Å². The number of hydrogen-bond donors (Lipinski definition) is 1. The van der Waals surface area contributed by atoms with Gasteiger partial charge in [0.2, 0.25) is 0 Å². The predicted octanol–water partition coefficient (Wildman–Crippen LogP) is 4.89. The van der Waals surface area contributed by atoms with Gasteiger partial charge in [-0.15, -0.1) is 0 Å².